The Morgan fingerprint density at radius 1 is 1.26 bits per heavy atom. The summed E-state index contributed by atoms with van der Waals surface area (Å²) in [6.07, 6.45) is 2.87. The maximum Gasteiger partial charge on any atom is 0.256 e. The van der Waals surface area contributed by atoms with Crippen molar-refractivity contribution in [1.82, 2.24) is 10.2 Å². The van der Waals surface area contributed by atoms with Gasteiger partial charge in [-0.3, -0.25) is 14.4 Å². The van der Waals surface area contributed by atoms with Gasteiger partial charge >= 0.3 is 0 Å². The quantitative estimate of drug-likeness (QED) is 0.623. The molecule has 2 aromatic carbocycles. The summed E-state index contributed by atoms with van der Waals surface area (Å²) >= 11 is 4.95. The zero-order valence-electron chi connectivity index (χ0n) is 17.1. The molecule has 2 heterocycles. The molecular formula is C22H22BrN3O4S. The number of piperidine rings is 1. The number of carbonyl (C=O) groups excluding carboxylic acids is 3. The van der Waals surface area contributed by atoms with E-state index in [0.29, 0.717) is 42.0 Å². The third-order valence-electron chi connectivity index (χ3n) is 5.62. The standard InChI is InChI=1S/C22H22BrN3O4S/c1-30-19-11-14(31-2)4-5-15(19)20(27)24-13-7-8-26-18(10-13)21(28)25-17-6-3-12(23)9-16(17)22(26)29/h3-6,9,11,13,18H,7-8,10H2,1-2H3,(H,24,27)(H,25,28)/t13-,18+/m1/s1. The molecule has 2 aromatic rings. The second kappa shape index (κ2) is 8.92. The Hall–Kier alpha value is -2.52. The van der Waals surface area contributed by atoms with Crippen LogP contribution < -0.4 is 15.4 Å². The molecule has 31 heavy (non-hydrogen) atoms. The largest absolute Gasteiger partial charge is 0.496 e. The summed E-state index contributed by atoms with van der Waals surface area (Å²) < 4.78 is 6.16. The average Bonchev–Trinajstić information content (AvgIpc) is 2.88. The van der Waals surface area contributed by atoms with Crippen LogP contribution in [0.2, 0.25) is 0 Å². The Labute approximate surface area is 193 Å². The van der Waals surface area contributed by atoms with Crippen LogP contribution in [0.25, 0.3) is 0 Å². The van der Waals surface area contributed by atoms with Crippen LogP contribution in [0.15, 0.2) is 45.8 Å². The van der Waals surface area contributed by atoms with E-state index in [4.69, 9.17) is 4.74 Å². The minimum Gasteiger partial charge on any atom is -0.496 e. The van der Waals surface area contributed by atoms with Crippen LogP contribution in [0.3, 0.4) is 0 Å². The van der Waals surface area contributed by atoms with Crippen LogP contribution in [0, 0.1) is 0 Å². The number of amides is 3. The third kappa shape index (κ3) is 4.29. The van der Waals surface area contributed by atoms with Gasteiger partial charge in [0.15, 0.2) is 0 Å². The number of hydrogen-bond acceptors (Lipinski definition) is 5. The molecule has 2 N–H and O–H groups in total. The summed E-state index contributed by atoms with van der Waals surface area (Å²) in [5, 5.41) is 5.87. The molecule has 0 unspecified atom stereocenters. The van der Waals surface area contributed by atoms with Gasteiger partial charge in [-0.15, -0.1) is 11.8 Å². The molecule has 0 bridgehead atoms. The summed E-state index contributed by atoms with van der Waals surface area (Å²) in [5.41, 5.74) is 1.42. The van der Waals surface area contributed by atoms with E-state index in [1.165, 1.54) is 7.11 Å². The summed E-state index contributed by atoms with van der Waals surface area (Å²) in [6.45, 7) is 0.385. The van der Waals surface area contributed by atoms with Gasteiger partial charge < -0.3 is 20.3 Å². The van der Waals surface area contributed by atoms with E-state index in [-0.39, 0.29) is 23.8 Å². The molecule has 2 aliphatic rings. The van der Waals surface area contributed by atoms with E-state index in [2.05, 4.69) is 26.6 Å². The Kier molecular flexibility index (Phi) is 6.24. The van der Waals surface area contributed by atoms with Crippen molar-refractivity contribution in [3.63, 3.8) is 0 Å². The molecule has 9 heteroatoms. The summed E-state index contributed by atoms with van der Waals surface area (Å²) in [7, 11) is 1.53. The van der Waals surface area contributed by atoms with Crippen molar-refractivity contribution >= 4 is 51.1 Å². The average molecular weight is 504 g/mol. The van der Waals surface area contributed by atoms with Crippen molar-refractivity contribution in [3.05, 3.63) is 52.0 Å². The number of rotatable bonds is 4. The van der Waals surface area contributed by atoms with E-state index in [9.17, 15) is 14.4 Å². The molecule has 0 aromatic heterocycles. The number of anilines is 1. The monoisotopic (exact) mass is 503 g/mol. The first-order chi connectivity index (χ1) is 14.9. The summed E-state index contributed by atoms with van der Waals surface area (Å²) in [5.74, 6) is -0.172. The van der Waals surface area contributed by atoms with Crippen molar-refractivity contribution < 1.29 is 19.1 Å². The van der Waals surface area contributed by atoms with E-state index < -0.39 is 6.04 Å². The van der Waals surface area contributed by atoms with Crippen LogP contribution in [0.5, 0.6) is 5.75 Å². The van der Waals surface area contributed by atoms with E-state index >= 15 is 0 Å². The van der Waals surface area contributed by atoms with Gasteiger partial charge in [0.2, 0.25) is 5.91 Å². The Morgan fingerprint density at radius 3 is 2.81 bits per heavy atom. The topological polar surface area (TPSA) is 87.7 Å². The highest BCUT2D eigenvalue weighted by molar-refractivity contribution is 9.10. The molecule has 0 saturated carbocycles. The molecule has 0 spiro atoms. The molecule has 3 amide bonds. The molecule has 4 rings (SSSR count). The SMILES string of the molecule is COc1cc(SC)ccc1C(=O)N[C@@H]1CCN2C(=O)c3cc(Br)ccc3NC(=O)[C@@H]2C1. The lowest BCUT2D eigenvalue weighted by molar-refractivity contribution is -0.121. The highest BCUT2D eigenvalue weighted by Gasteiger charge is 2.40. The van der Waals surface area contributed by atoms with Crippen LogP contribution in [-0.2, 0) is 4.79 Å². The zero-order chi connectivity index (χ0) is 22.1. The minimum absolute atomic E-state index is 0.182. The number of ether oxygens (including phenoxy) is 1. The lowest BCUT2D eigenvalue weighted by Gasteiger charge is -2.37. The second-order valence-electron chi connectivity index (χ2n) is 7.45. The minimum atomic E-state index is -0.640. The molecule has 0 radical (unpaired) electrons. The maximum absolute atomic E-state index is 13.1. The summed E-state index contributed by atoms with van der Waals surface area (Å²) in [4.78, 5) is 41.4. The Balaban J connectivity index is 1.51. The lowest BCUT2D eigenvalue weighted by Crippen LogP contribution is -2.55. The number of carbonyl (C=O) groups is 3. The molecule has 7 nitrogen and oxygen atoms in total. The predicted octanol–water partition coefficient (Wildman–Crippen LogP) is 3.53. The fourth-order valence-electron chi connectivity index (χ4n) is 4.01. The number of methoxy groups -OCH3 is 1. The van der Waals surface area contributed by atoms with Gasteiger partial charge in [0.05, 0.1) is 23.9 Å². The number of nitrogens with zero attached hydrogens (tertiary/aromatic N) is 1. The van der Waals surface area contributed by atoms with Crippen LogP contribution in [-0.4, -0.2) is 54.6 Å². The maximum atomic E-state index is 13.1. The van der Waals surface area contributed by atoms with Gasteiger partial charge in [0.25, 0.3) is 11.8 Å². The predicted molar refractivity (Wildman–Crippen MR) is 123 cm³/mol. The van der Waals surface area contributed by atoms with E-state index in [0.717, 1.165) is 9.37 Å². The van der Waals surface area contributed by atoms with Crippen LogP contribution in [0.4, 0.5) is 5.69 Å². The highest BCUT2D eigenvalue weighted by Crippen LogP contribution is 2.31. The first-order valence-corrected chi connectivity index (χ1v) is 11.9. The van der Waals surface area contributed by atoms with Crippen molar-refractivity contribution in [1.29, 1.82) is 0 Å². The molecule has 2 atom stereocenters. The molecule has 1 fully saturated rings. The number of nitrogens with one attached hydrogen (secondary N) is 2. The number of hydrogen-bond donors (Lipinski definition) is 2. The fraction of sp³-hybridized carbons (Fsp3) is 0.318. The van der Waals surface area contributed by atoms with E-state index in [1.807, 2.05) is 18.4 Å². The van der Waals surface area contributed by atoms with Gasteiger partial charge in [0, 0.05) is 22.0 Å². The van der Waals surface area contributed by atoms with Crippen molar-refractivity contribution in [2.75, 3.05) is 25.2 Å². The molecular weight excluding hydrogens is 482 g/mol. The fourth-order valence-corrected chi connectivity index (χ4v) is 4.80. The molecule has 2 aliphatic heterocycles. The number of halogens is 1. The molecule has 162 valence electrons. The third-order valence-corrected chi connectivity index (χ3v) is 6.84. The Morgan fingerprint density at radius 2 is 2.06 bits per heavy atom. The zero-order valence-corrected chi connectivity index (χ0v) is 19.5. The van der Waals surface area contributed by atoms with Gasteiger partial charge in [0.1, 0.15) is 11.8 Å². The Bertz CT molecular complexity index is 1060. The smallest absolute Gasteiger partial charge is 0.256 e. The van der Waals surface area contributed by atoms with Gasteiger partial charge in [-0.1, -0.05) is 15.9 Å². The first-order valence-electron chi connectivity index (χ1n) is 9.85. The van der Waals surface area contributed by atoms with Crippen molar-refractivity contribution in [2.24, 2.45) is 0 Å². The van der Waals surface area contributed by atoms with Crippen molar-refractivity contribution in [2.45, 2.75) is 29.8 Å². The normalized spacial score (nSPS) is 20.3. The second-order valence-corrected chi connectivity index (χ2v) is 9.25. The van der Waals surface area contributed by atoms with Crippen molar-refractivity contribution in [3.8, 4) is 5.75 Å². The first kappa shape index (κ1) is 21.7. The summed E-state index contributed by atoms with van der Waals surface area (Å²) in [6, 6.07) is 9.80. The van der Waals surface area contributed by atoms with E-state index in [1.54, 1.807) is 40.9 Å². The van der Waals surface area contributed by atoms with Gasteiger partial charge in [-0.25, -0.2) is 0 Å². The van der Waals surface area contributed by atoms with Crippen LogP contribution in [0.1, 0.15) is 33.6 Å². The van der Waals surface area contributed by atoms with Gasteiger partial charge in [-0.2, -0.15) is 0 Å². The molecule has 0 aliphatic carbocycles. The van der Waals surface area contributed by atoms with Gasteiger partial charge in [-0.05, 0) is 55.5 Å². The number of thioether (sulfide) groups is 1. The number of benzene rings is 2. The molecule has 1 saturated heterocycles. The number of fused-ring (bicyclic) bond motifs is 2. The lowest BCUT2D eigenvalue weighted by atomic mass is 9.95. The van der Waals surface area contributed by atoms with Crippen LogP contribution >= 0.6 is 27.7 Å². The highest BCUT2D eigenvalue weighted by atomic mass is 79.9.